The summed E-state index contributed by atoms with van der Waals surface area (Å²) in [7, 11) is 0. The zero-order valence-corrected chi connectivity index (χ0v) is 15.6. The number of nitrogens with zero attached hydrogens (tertiary/aromatic N) is 2. The average Bonchev–Trinajstić information content (AvgIpc) is 2.63. The van der Waals surface area contributed by atoms with Gasteiger partial charge < -0.3 is 15.0 Å². The quantitative estimate of drug-likeness (QED) is 0.779. The lowest BCUT2D eigenvalue weighted by atomic mass is 10.1. The summed E-state index contributed by atoms with van der Waals surface area (Å²) in [4.78, 5) is 14.1. The van der Waals surface area contributed by atoms with E-state index in [2.05, 4.69) is 17.9 Å². The van der Waals surface area contributed by atoms with Crippen LogP contribution in [0, 0.1) is 11.3 Å². The third-order valence-corrected chi connectivity index (χ3v) is 4.62. The van der Waals surface area contributed by atoms with Crippen LogP contribution in [0.5, 0.6) is 5.75 Å². The van der Waals surface area contributed by atoms with Crippen LogP contribution in [0.3, 0.4) is 0 Å². The summed E-state index contributed by atoms with van der Waals surface area (Å²) in [5.41, 5.74) is 1.55. The summed E-state index contributed by atoms with van der Waals surface area (Å²) in [6.07, 6.45) is -0.512. The van der Waals surface area contributed by atoms with Gasteiger partial charge in [0, 0.05) is 10.7 Å². The Morgan fingerprint density at radius 1 is 1.23 bits per heavy atom. The van der Waals surface area contributed by atoms with Crippen LogP contribution >= 0.6 is 24.2 Å². The van der Waals surface area contributed by atoms with Gasteiger partial charge in [0.15, 0.2) is 0 Å². The third kappa shape index (κ3) is 3.50. The summed E-state index contributed by atoms with van der Waals surface area (Å²) in [6, 6.07) is 16.5. The number of halogens is 1. The highest BCUT2D eigenvalue weighted by molar-refractivity contribution is 7.84. The molecule has 7 heteroatoms. The highest BCUT2D eigenvalue weighted by Crippen LogP contribution is 2.36. The summed E-state index contributed by atoms with van der Waals surface area (Å²) in [5.74, 6) is 0.283. The number of amides is 1. The summed E-state index contributed by atoms with van der Waals surface area (Å²) < 4.78 is 5.47. The van der Waals surface area contributed by atoms with Gasteiger partial charge in [-0.3, -0.25) is 4.79 Å². The van der Waals surface area contributed by atoms with Crippen molar-refractivity contribution < 1.29 is 9.53 Å². The molecular weight excluding hydrogens is 370 g/mol. The molecular formula is C19H16ClN3O2S. The van der Waals surface area contributed by atoms with Gasteiger partial charge in [0.1, 0.15) is 23.6 Å². The van der Waals surface area contributed by atoms with Crippen LogP contribution in [-0.2, 0) is 4.79 Å². The van der Waals surface area contributed by atoms with Gasteiger partial charge in [-0.05, 0) is 48.9 Å². The van der Waals surface area contributed by atoms with Gasteiger partial charge in [-0.15, -0.1) is 12.6 Å². The molecule has 3 rings (SSSR count). The number of hydrogen-bond acceptors (Lipinski definition) is 5. The molecule has 1 atom stereocenters. The fraction of sp³-hybridized carbons (Fsp3) is 0.158. The van der Waals surface area contributed by atoms with Crippen LogP contribution in [0.4, 0.5) is 5.69 Å². The SMILES string of the molecule is CCOc1ccc(N2C(S)=C(C#N)C(=O)NC2c2ccc(Cl)cc2)cc1. The molecule has 0 saturated heterocycles. The van der Waals surface area contributed by atoms with Crippen molar-refractivity contribution in [2.24, 2.45) is 0 Å². The van der Waals surface area contributed by atoms with E-state index < -0.39 is 12.1 Å². The predicted molar refractivity (Wildman–Crippen MR) is 104 cm³/mol. The van der Waals surface area contributed by atoms with Crippen LogP contribution in [0.25, 0.3) is 0 Å². The first-order valence-corrected chi connectivity index (χ1v) is 8.79. The number of hydrogen-bond donors (Lipinski definition) is 2. The van der Waals surface area contributed by atoms with Crippen molar-refractivity contribution in [1.82, 2.24) is 5.32 Å². The van der Waals surface area contributed by atoms with E-state index in [9.17, 15) is 10.1 Å². The number of carbonyl (C=O) groups excluding carboxylic acids is 1. The minimum atomic E-state index is -0.512. The Balaban J connectivity index is 2.07. The zero-order chi connectivity index (χ0) is 18.7. The van der Waals surface area contributed by atoms with Crippen LogP contribution in [0.2, 0.25) is 5.02 Å². The maximum absolute atomic E-state index is 12.3. The molecule has 1 heterocycles. The molecule has 0 bridgehead atoms. The van der Waals surface area contributed by atoms with Gasteiger partial charge in [0.05, 0.1) is 11.6 Å². The Labute approximate surface area is 162 Å². The van der Waals surface area contributed by atoms with E-state index in [1.165, 1.54) is 0 Å². The Kier molecular flexibility index (Phi) is 5.40. The van der Waals surface area contributed by atoms with Crippen molar-refractivity contribution in [3.05, 3.63) is 69.7 Å². The molecule has 132 valence electrons. The maximum atomic E-state index is 12.3. The summed E-state index contributed by atoms with van der Waals surface area (Å²) in [5, 5.41) is 13.1. The van der Waals surface area contributed by atoms with Crippen molar-refractivity contribution >= 4 is 35.8 Å². The second kappa shape index (κ2) is 7.73. The molecule has 0 spiro atoms. The normalized spacial score (nSPS) is 16.9. The van der Waals surface area contributed by atoms with E-state index in [1.807, 2.05) is 49.4 Å². The minimum Gasteiger partial charge on any atom is -0.494 e. The van der Waals surface area contributed by atoms with E-state index in [4.69, 9.17) is 16.3 Å². The van der Waals surface area contributed by atoms with Crippen molar-refractivity contribution in [3.8, 4) is 11.8 Å². The first kappa shape index (κ1) is 18.2. The van der Waals surface area contributed by atoms with Crippen molar-refractivity contribution in [2.75, 3.05) is 11.5 Å². The summed E-state index contributed by atoms with van der Waals surface area (Å²) in [6.45, 7) is 2.49. The second-order valence-electron chi connectivity index (χ2n) is 5.53. The van der Waals surface area contributed by atoms with Crippen LogP contribution in [0.15, 0.2) is 59.1 Å². The second-order valence-corrected chi connectivity index (χ2v) is 6.39. The fourth-order valence-corrected chi connectivity index (χ4v) is 3.23. The number of anilines is 1. The molecule has 0 aliphatic carbocycles. The molecule has 1 N–H and O–H groups in total. The molecule has 5 nitrogen and oxygen atoms in total. The highest BCUT2D eigenvalue weighted by Gasteiger charge is 2.33. The van der Waals surface area contributed by atoms with Crippen LogP contribution < -0.4 is 15.0 Å². The molecule has 0 aromatic heterocycles. The molecule has 2 aromatic carbocycles. The number of rotatable bonds is 4. The molecule has 1 amide bonds. The third-order valence-electron chi connectivity index (χ3n) is 3.93. The molecule has 0 radical (unpaired) electrons. The lowest BCUT2D eigenvalue weighted by Gasteiger charge is -2.38. The van der Waals surface area contributed by atoms with Crippen molar-refractivity contribution in [2.45, 2.75) is 13.1 Å². The van der Waals surface area contributed by atoms with Crippen molar-refractivity contribution in [3.63, 3.8) is 0 Å². The van der Waals surface area contributed by atoms with Gasteiger partial charge in [-0.1, -0.05) is 23.7 Å². The van der Waals surface area contributed by atoms with Crippen LogP contribution in [-0.4, -0.2) is 12.5 Å². The average molecular weight is 386 g/mol. The first-order chi connectivity index (χ1) is 12.5. The van der Waals surface area contributed by atoms with E-state index in [0.717, 1.165) is 17.0 Å². The maximum Gasteiger partial charge on any atom is 0.266 e. The molecule has 1 aliphatic heterocycles. The van der Waals surface area contributed by atoms with Crippen LogP contribution in [0.1, 0.15) is 18.7 Å². The van der Waals surface area contributed by atoms with Gasteiger partial charge in [-0.2, -0.15) is 5.26 Å². The lowest BCUT2D eigenvalue weighted by Crippen LogP contribution is -2.46. The Morgan fingerprint density at radius 2 is 1.88 bits per heavy atom. The van der Waals surface area contributed by atoms with E-state index in [-0.39, 0.29) is 5.57 Å². The monoisotopic (exact) mass is 385 g/mol. The van der Waals surface area contributed by atoms with Gasteiger partial charge in [0.2, 0.25) is 0 Å². The number of nitriles is 1. The standard InChI is InChI=1S/C19H16ClN3O2S/c1-2-25-15-9-7-14(8-10-15)23-17(12-3-5-13(20)6-4-12)22-18(24)16(11-21)19(23)26/h3-10,17,26H,2H2,1H3,(H,22,24). The number of nitrogens with one attached hydrogen (secondary N) is 1. The van der Waals surface area contributed by atoms with Gasteiger partial charge in [0.25, 0.3) is 5.91 Å². The predicted octanol–water partition coefficient (Wildman–Crippen LogP) is 4.04. The van der Waals surface area contributed by atoms with Gasteiger partial charge >= 0.3 is 0 Å². The molecule has 26 heavy (non-hydrogen) atoms. The lowest BCUT2D eigenvalue weighted by molar-refractivity contribution is -0.118. The van der Waals surface area contributed by atoms with Gasteiger partial charge in [-0.25, -0.2) is 0 Å². The number of ether oxygens (including phenoxy) is 1. The molecule has 0 fully saturated rings. The van der Waals surface area contributed by atoms with E-state index >= 15 is 0 Å². The summed E-state index contributed by atoms with van der Waals surface area (Å²) >= 11 is 10.4. The van der Waals surface area contributed by atoms with E-state index in [0.29, 0.717) is 16.7 Å². The number of carbonyl (C=O) groups is 1. The van der Waals surface area contributed by atoms with E-state index in [1.54, 1.807) is 17.0 Å². The minimum absolute atomic E-state index is 0.0348. The Bertz CT molecular complexity index is 888. The smallest absolute Gasteiger partial charge is 0.266 e. The molecule has 0 saturated carbocycles. The Hall–Kier alpha value is -2.62. The molecule has 2 aromatic rings. The largest absolute Gasteiger partial charge is 0.494 e. The number of benzene rings is 2. The molecule has 1 aliphatic rings. The zero-order valence-electron chi connectivity index (χ0n) is 13.9. The first-order valence-electron chi connectivity index (χ1n) is 7.97. The van der Waals surface area contributed by atoms with Crippen molar-refractivity contribution in [1.29, 1.82) is 5.26 Å². The number of thiol groups is 1. The molecule has 1 unspecified atom stereocenters. The fourth-order valence-electron chi connectivity index (χ4n) is 2.72. The highest BCUT2D eigenvalue weighted by atomic mass is 35.5. The topological polar surface area (TPSA) is 65.4 Å². The Morgan fingerprint density at radius 3 is 2.46 bits per heavy atom.